The van der Waals surface area contributed by atoms with Crippen molar-refractivity contribution in [3.63, 3.8) is 0 Å². The molecule has 0 saturated heterocycles. The van der Waals surface area contributed by atoms with Crippen molar-refractivity contribution in [2.24, 2.45) is 0 Å². The van der Waals surface area contributed by atoms with Gasteiger partial charge in [-0.2, -0.15) is 0 Å². The molecule has 0 aliphatic carbocycles. The van der Waals surface area contributed by atoms with Gasteiger partial charge in [0, 0.05) is 17.2 Å². The molecule has 2 aliphatic heterocycles. The molecule has 1 aromatic heterocycles. The van der Waals surface area contributed by atoms with Crippen molar-refractivity contribution in [3.8, 4) is 23.0 Å². The van der Waals surface area contributed by atoms with E-state index >= 15 is 0 Å². The number of rotatable bonds is 2. The second-order valence-corrected chi connectivity index (χ2v) is 10.3. The molecule has 0 amide bonds. The maximum atomic E-state index is 14.1. The van der Waals surface area contributed by atoms with Crippen LogP contribution in [0.5, 0.6) is 23.0 Å². The maximum absolute atomic E-state index is 14.1. The lowest BCUT2D eigenvalue weighted by Crippen LogP contribution is -2.29. The number of hydrogen-bond acceptors (Lipinski definition) is 6. The molecule has 2 N–H and O–H groups in total. The molecule has 34 heavy (non-hydrogen) atoms. The highest BCUT2D eigenvalue weighted by atomic mass is 16.5. The fourth-order valence-corrected chi connectivity index (χ4v) is 4.45. The van der Waals surface area contributed by atoms with Gasteiger partial charge in [-0.25, -0.2) is 0 Å². The number of phenolic OH excluding ortho intramolecular Hbond substituents is 2. The summed E-state index contributed by atoms with van der Waals surface area (Å²) < 4.78 is 18.5. The van der Waals surface area contributed by atoms with Crippen LogP contribution in [-0.2, 0) is 6.42 Å². The summed E-state index contributed by atoms with van der Waals surface area (Å²) >= 11 is 0. The Labute approximate surface area is 197 Å². The summed E-state index contributed by atoms with van der Waals surface area (Å²) in [6.45, 7) is 11.4. The van der Waals surface area contributed by atoms with Gasteiger partial charge < -0.3 is 24.1 Å². The van der Waals surface area contributed by atoms with E-state index in [1.807, 2.05) is 59.8 Å². The van der Waals surface area contributed by atoms with E-state index in [1.165, 1.54) is 6.07 Å². The predicted octanol–water partition coefficient (Wildman–Crippen LogP) is 6.23. The van der Waals surface area contributed by atoms with Gasteiger partial charge in [0.15, 0.2) is 11.5 Å². The van der Waals surface area contributed by atoms with E-state index in [1.54, 1.807) is 12.2 Å². The zero-order chi connectivity index (χ0) is 24.6. The average Bonchev–Trinajstić information content (AvgIpc) is 2.72. The van der Waals surface area contributed by atoms with Gasteiger partial charge >= 0.3 is 0 Å². The summed E-state index contributed by atoms with van der Waals surface area (Å²) in [6.07, 6.45) is 9.54. The van der Waals surface area contributed by atoms with E-state index in [4.69, 9.17) is 13.9 Å². The Hall–Kier alpha value is -3.67. The molecule has 6 heteroatoms. The Bertz CT molecular complexity index is 1520. The third-order valence-corrected chi connectivity index (χ3v) is 6.19. The van der Waals surface area contributed by atoms with Crippen LogP contribution in [-0.4, -0.2) is 21.4 Å². The highest BCUT2D eigenvalue weighted by Gasteiger charge is 2.33. The number of hydrogen-bond donors (Lipinski definition) is 2. The summed E-state index contributed by atoms with van der Waals surface area (Å²) in [6, 6.07) is 1.43. The first-order chi connectivity index (χ1) is 15.9. The Morgan fingerprint density at radius 2 is 1.56 bits per heavy atom. The standard InChI is InChI=1S/C28H28O6/c1-14(2)7-8-17-22(30)26-16(10-12-28(5,6)34-26)20-23(31)21-19(32-24(17)20)13-18(29)15-9-11-27(3,4)33-25(15)21/h7,9-13,29-30H,8H2,1-6H3. The van der Waals surface area contributed by atoms with E-state index in [0.717, 1.165) is 5.57 Å². The molecule has 2 aromatic carbocycles. The minimum atomic E-state index is -0.662. The quantitative estimate of drug-likeness (QED) is 0.348. The molecule has 3 heterocycles. The molecule has 3 aromatic rings. The Morgan fingerprint density at radius 1 is 0.941 bits per heavy atom. The van der Waals surface area contributed by atoms with Crippen LogP contribution in [0, 0.1) is 0 Å². The number of fused-ring (bicyclic) bond motifs is 6. The molecule has 0 spiro atoms. The second kappa shape index (κ2) is 7.16. The molecule has 2 aliphatic rings. The van der Waals surface area contributed by atoms with E-state index < -0.39 is 11.2 Å². The van der Waals surface area contributed by atoms with Crippen molar-refractivity contribution in [1.82, 2.24) is 0 Å². The fourth-order valence-electron chi connectivity index (χ4n) is 4.45. The van der Waals surface area contributed by atoms with Crippen molar-refractivity contribution in [3.05, 3.63) is 56.8 Å². The largest absolute Gasteiger partial charge is 0.507 e. The number of benzene rings is 2. The third kappa shape index (κ3) is 3.36. The maximum Gasteiger partial charge on any atom is 0.205 e. The molecule has 5 rings (SSSR count). The first-order valence-corrected chi connectivity index (χ1v) is 11.3. The molecule has 0 atom stereocenters. The topological polar surface area (TPSA) is 89.1 Å². The van der Waals surface area contributed by atoms with Crippen molar-refractivity contribution < 1.29 is 24.1 Å². The predicted molar refractivity (Wildman–Crippen MR) is 134 cm³/mol. The van der Waals surface area contributed by atoms with Gasteiger partial charge in [-0.1, -0.05) is 17.7 Å². The van der Waals surface area contributed by atoms with E-state index in [-0.39, 0.29) is 45.0 Å². The lowest BCUT2D eigenvalue weighted by atomic mass is 9.93. The average molecular weight is 461 g/mol. The molecule has 6 nitrogen and oxygen atoms in total. The van der Waals surface area contributed by atoms with Gasteiger partial charge in [0.1, 0.15) is 39.3 Å². The lowest BCUT2D eigenvalue weighted by molar-refractivity contribution is 0.153. The van der Waals surface area contributed by atoms with Crippen LogP contribution in [0.1, 0.15) is 58.2 Å². The third-order valence-electron chi connectivity index (χ3n) is 6.19. The minimum Gasteiger partial charge on any atom is -0.507 e. The zero-order valence-corrected chi connectivity index (χ0v) is 20.2. The van der Waals surface area contributed by atoms with E-state index in [9.17, 15) is 15.0 Å². The minimum absolute atomic E-state index is 0.0465. The van der Waals surface area contributed by atoms with Gasteiger partial charge in [-0.3, -0.25) is 4.79 Å². The monoisotopic (exact) mass is 460 g/mol. The zero-order valence-electron chi connectivity index (χ0n) is 20.2. The Balaban J connectivity index is 1.96. The van der Waals surface area contributed by atoms with Crippen LogP contribution in [0.2, 0.25) is 0 Å². The molecule has 0 unspecified atom stereocenters. The van der Waals surface area contributed by atoms with Crippen molar-refractivity contribution in [1.29, 1.82) is 0 Å². The Kier molecular flexibility index (Phi) is 4.66. The van der Waals surface area contributed by atoms with Crippen molar-refractivity contribution >= 4 is 34.1 Å². The van der Waals surface area contributed by atoms with Gasteiger partial charge in [0.2, 0.25) is 5.43 Å². The van der Waals surface area contributed by atoms with Gasteiger partial charge in [0.25, 0.3) is 0 Å². The SMILES string of the molecule is CC(C)=CCc1c(O)c2c(c3c(=O)c4c5c(c(O)cc4oc13)C=CC(C)(C)O5)C=CC(C)(C)O2. The van der Waals surface area contributed by atoms with Crippen LogP contribution in [0.15, 0.2) is 39.1 Å². The molecule has 176 valence electrons. The molecule has 0 saturated carbocycles. The summed E-state index contributed by atoms with van der Waals surface area (Å²) in [4.78, 5) is 14.1. The number of allylic oxidation sites excluding steroid dienone is 2. The van der Waals surface area contributed by atoms with E-state index in [2.05, 4.69) is 0 Å². The van der Waals surface area contributed by atoms with Gasteiger partial charge in [-0.15, -0.1) is 0 Å². The lowest BCUT2D eigenvalue weighted by Gasteiger charge is -2.30. The number of phenols is 2. The van der Waals surface area contributed by atoms with Gasteiger partial charge in [-0.05, 0) is 66.2 Å². The summed E-state index contributed by atoms with van der Waals surface area (Å²) in [5.74, 6) is 0.446. The Morgan fingerprint density at radius 3 is 2.21 bits per heavy atom. The summed E-state index contributed by atoms with van der Waals surface area (Å²) in [7, 11) is 0. The molecule has 0 fully saturated rings. The first-order valence-electron chi connectivity index (χ1n) is 11.3. The van der Waals surface area contributed by atoms with Crippen molar-refractivity contribution in [2.75, 3.05) is 0 Å². The molecule has 0 bridgehead atoms. The highest BCUT2D eigenvalue weighted by Crippen LogP contribution is 2.48. The van der Waals surface area contributed by atoms with E-state index in [0.29, 0.717) is 28.5 Å². The fraction of sp³-hybridized carbons (Fsp3) is 0.321. The molecular formula is C28H28O6. The van der Waals surface area contributed by atoms with Crippen LogP contribution < -0.4 is 14.9 Å². The van der Waals surface area contributed by atoms with Crippen LogP contribution in [0.4, 0.5) is 0 Å². The van der Waals surface area contributed by atoms with Crippen LogP contribution in [0.3, 0.4) is 0 Å². The first kappa shape index (κ1) is 22.1. The summed E-state index contributed by atoms with van der Waals surface area (Å²) in [5, 5.41) is 22.4. The van der Waals surface area contributed by atoms with Crippen LogP contribution >= 0.6 is 0 Å². The highest BCUT2D eigenvalue weighted by molar-refractivity contribution is 6.03. The van der Waals surface area contributed by atoms with Crippen molar-refractivity contribution in [2.45, 2.75) is 59.2 Å². The number of aromatic hydroxyl groups is 2. The normalized spacial score (nSPS) is 17.1. The number of ether oxygens (including phenoxy) is 2. The molecule has 0 radical (unpaired) electrons. The second-order valence-electron chi connectivity index (χ2n) is 10.3. The molecular weight excluding hydrogens is 432 g/mol. The summed E-state index contributed by atoms with van der Waals surface area (Å²) in [5.41, 5.74) is 1.27. The van der Waals surface area contributed by atoms with Gasteiger partial charge in [0.05, 0.1) is 10.9 Å². The smallest absolute Gasteiger partial charge is 0.205 e. The van der Waals surface area contributed by atoms with Crippen LogP contribution in [0.25, 0.3) is 34.1 Å².